The average Bonchev–Trinajstić information content (AvgIpc) is 2.73. The molecule has 0 spiro atoms. The zero-order chi connectivity index (χ0) is 21.7. The van der Waals surface area contributed by atoms with E-state index in [1.165, 1.54) is 0 Å². The van der Waals surface area contributed by atoms with Crippen LogP contribution in [0.4, 0.5) is 10.1 Å². The van der Waals surface area contributed by atoms with Gasteiger partial charge in [-0.1, -0.05) is 43.3 Å². The van der Waals surface area contributed by atoms with Crippen LogP contribution in [0.1, 0.15) is 47.1 Å². The molecule has 0 aliphatic heterocycles. The molecule has 0 fully saturated rings. The average molecular weight is 405 g/mol. The molecule has 0 saturated heterocycles. The SMILES string of the molecule is CCCN(C)c1ccc(-c2ccc(C(=O)CCc3ccc(C)nc3C)cc2)cc1F. The molecule has 4 heteroatoms. The normalized spacial score (nSPS) is 10.8. The molecule has 0 aliphatic rings. The molecule has 0 atom stereocenters. The van der Waals surface area contributed by atoms with Crippen LogP contribution < -0.4 is 4.90 Å². The summed E-state index contributed by atoms with van der Waals surface area (Å²) in [6.45, 7) is 6.83. The maximum atomic E-state index is 14.5. The Kier molecular flexibility index (Phi) is 6.99. The third-order valence-electron chi connectivity index (χ3n) is 5.41. The van der Waals surface area contributed by atoms with E-state index in [-0.39, 0.29) is 11.6 Å². The first-order chi connectivity index (χ1) is 14.4. The van der Waals surface area contributed by atoms with Crippen LogP contribution in [0.3, 0.4) is 0 Å². The number of pyridine rings is 1. The van der Waals surface area contributed by atoms with Crippen molar-refractivity contribution in [1.82, 2.24) is 4.98 Å². The third kappa shape index (κ3) is 5.12. The molecule has 0 unspecified atom stereocenters. The molecule has 3 nitrogen and oxygen atoms in total. The number of hydrogen-bond acceptors (Lipinski definition) is 3. The zero-order valence-corrected chi connectivity index (χ0v) is 18.2. The van der Waals surface area contributed by atoms with E-state index in [0.29, 0.717) is 24.1 Å². The molecule has 2 aromatic carbocycles. The first-order valence-electron chi connectivity index (χ1n) is 10.5. The molecule has 0 radical (unpaired) electrons. The number of rotatable bonds is 8. The maximum Gasteiger partial charge on any atom is 0.163 e. The lowest BCUT2D eigenvalue weighted by Crippen LogP contribution is -2.18. The van der Waals surface area contributed by atoms with Crippen molar-refractivity contribution < 1.29 is 9.18 Å². The molecule has 156 valence electrons. The minimum absolute atomic E-state index is 0.101. The Morgan fingerprint density at radius 1 is 1.00 bits per heavy atom. The monoisotopic (exact) mass is 404 g/mol. The smallest absolute Gasteiger partial charge is 0.163 e. The maximum absolute atomic E-state index is 14.5. The number of Topliss-reactive ketones (excluding diaryl/α,β-unsaturated/α-hetero) is 1. The summed E-state index contributed by atoms with van der Waals surface area (Å²) in [7, 11) is 1.90. The zero-order valence-electron chi connectivity index (χ0n) is 18.2. The Balaban J connectivity index is 1.68. The van der Waals surface area contributed by atoms with E-state index < -0.39 is 0 Å². The molecule has 3 aromatic rings. The summed E-state index contributed by atoms with van der Waals surface area (Å²) < 4.78 is 14.5. The molecule has 0 N–H and O–H groups in total. The van der Waals surface area contributed by atoms with E-state index >= 15 is 0 Å². The van der Waals surface area contributed by atoms with Crippen LogP contribution in [0.5, 0.6) is 0 Å². The Morgan fingerprint density at radius 3 is 2.33 bits per heavy atom. The quantitative estimate of drug-likeness (QED) is 0.421. The number of aryl methyl sites for hydroxylation is 3. The van der Waals surface area contributed by atoms with Crippen LogP contribution in [0.2, 0.25) is 0 Å². The van der Waals surface area contributed by atoms with Crippen LogP contribution in [-0.2, 0) is 6.42 Å². The summed E-state index contributed by atoms with van der Waals surface area (Å²) in [4.78, 5) is 19.0. The molecule has 30 heavy (non-hydrogen) atoms. The molecular formula is C26H29FN2O. The summed E-state index contributed by atoms with van der Waals surface area (Å²) in [5, 5.41) is 0. The molecule has 3 rings (SSSR count). The Bertz CT molecular complexity index is 1030. The Labute approximate surface area is 178 Å². The van der Waals surface area contributed by atoms with Gasteiger partial charge in [-0.05, 0) is 61.6 Å². The summed E-state index contributed by atoms with van der Waals surface area (Å²) in [6, 6.07) is 16.7. The number of halogens is 1. The topological polar surface area (TPSA) is 33.2 Å². The number of benzene rings is 2. The lowest BCUT2D eigenvalue weighted by molar-refractivity contribution is 0.0983. The van der Waals surface area contributed by atoms with Gasteiger partial charge >= 0.3 is 0 Å². The van der Waals surface area contributed by atoms with Crippen LogP contribution in [0, 0.1) is 19.7 Å². The van der Waals surface area contributed by atoms with Gasteiger partial charge in [0.2, 0.25) is 0 Å². The van der Waals surface area contributed by atoms with E-state index in [1.54, 1.807) is 6.07 Å². The number of carbonyl (C=O) groups excluding carboxylic acids is 1. The largest absolute Gasteiger partial charge is 0.372 e. The Morgan fingerprint density at radius 2 is 1.70 bits per heavy atom. The van der Waals surface area contributed by atoms with Gasteiger partial charge in [-0.2, -0.15) is 0 Å². The highest BCUT2D eigenvalue weighted by Crippen LogP contribution is 2.27. The van der Waals surface area contributed by atoms with Crippen molar-refractivity contribution in [3.63, 3.8) is 0 Å². The minimum atomic E-state index is -0.231. The summed E-state index contributed by atoms with van der Waals surface area (Å²) in [6.07, 6.45) is 2.09. The van der Waals surface area contributed by atoms with Crippen molar-refractivity contribution >= 4 is 11.5 Å². The van der Waals surface area contributed by atoms with Crippen LogP contribution >= 0.6 is 0 Å². The second-order valence-electron chi connectivity index (χ2n) is 7.79. The first-order valence-corrected chi connectivity index (χ1v) is 10.5. The van der Waals surface area contributed by atoms with Gasteiger partial charge in [-0.25, -0.2) is 4.39 Å². The van der Waals surface area contributed by atoms with Crippen molar-refractivity contribution in [3.05, 3.63) is 82.9 Å². The van der Waals surface area contributed by atoms with Crippen molar-refractivity contribution in [2.45, 2.75) is 40.0 Å². The first kappa shape index (κ1) is 21.7. The van der Waals surface area contributed by atoms with Crippen LogP contribution in [-0.4, -0.2) is 24.4 Å². The van der Waals surface area contributed by atoms with Crippen molar-refractivity contribution in [3.8, 4) is 11.1 Å². The fraction of sp³-hybridized carbons (Fsp3) is 0.308. The lowest BCUT2D eigenvalue weighted by Gasteiger charge is -2.19. The van der Waals surface area contributed by atoms with Gasteiger partial charge in [-0.3, -0.25) is 9.78 Å². The number of anilines is 1. The predicted molar refractivity (Wildman–Crippen MR) is 122 cm³/mol. The van der Waals surface area contributed by atoms with E-state index in [2.05, 4.69) is 11.9 Å². The predicted octanol–water partition coefficient (Wildman–Crippen LogP) is 6.17. The van der Waals surface area contributed by atoms with Gasteiger partial charge in [0, 0.05) is 37.0 Å². The third-order valence-corrected chi connectivity index (χ3v) is 5.41. The number of carbonyl (C=O) groups is 1. The van der Waals surface area contributed by atoms with E-state index in [4.69, 9.17) is 0 Å². The number of aromatic nitrogens is 1. The lowest BCUT2D eigenvalue weighted by atomic mass is 9.98. The second-order valence-corrected chi connectivity index (χ2v) is 7.79. The molecule has 0 bridgehead atoms. The van der Waals surface area contributed by atoms with Crippen LogP contribution in [0.25, 0.3) is 11.1 Å². The van der Waals surface area contributed by atoms with Gasteiger partial charge in [-0.15, -0.1) is 0 Å². The van der Waals surface area contributed by atoms with Crippen molar-refractivity contribution in [2.24, 2.45) is 0 Å². The fourth-order valence-corrected chi connectivity index (χ4v) is 3.67. The van der Waals surface area contributed by atoms with E-state index in [1.807, 2.05) is 74.3 Å². The fourth-order valence-electron chi connectivity index (χ4n) is 3.67. The second kappa shape index (κ2) is 9.66. The van der Waals surface area contributed by atoms with Gasteiger partial charge in [0.15, 0.2) is 5.78 Å². The molecule has 1 aromatic heterocycles. The molecule has 0 aliphatic carbocycles. The van der Waals surface area contributed by atoms with Gasteiger partial charge in [0.25, 0.3) is 0 Å². The van der Waals surface area contributed by atoms with E-state index in [9.17, 15) is 9.18 Å². The standard InChI is InChI=1S/C26H29FN2O/c1-5-16-29(4)25-14-12-23(17-24(25)27)21-8-10-22(11-9-21)26(30)15-13-20-7-6-18(2)28-19(20)3/h6-12,14,17H,5,13,15-16H2,1-4H3. The highest BCUT2D eigenvalue weighted by Gasteiger charge is 2.11. The molecule has 1 heterocycles. The number of hydrogen-bond donors (Lipinski definition) is 0. The van der Waals surface area contributed by atoms with Crippen molar-refractivity contribution in [1.29, 1.82) is 0 Å². The Hall–Kier alpha value is -3.01. The minimum Gasteiger partial charge on any atom is -0.372 e. The van der Waals surface area contributed by atoms with Crippen molar-refractivity contribution in [2.75, 3.05) is 18.5 Å². The molecule has 0 amide bonds. The van der Waals surface area contributed by atoms with Crippen LogP contribution in [0.15, 0.2) is 54.6 Å². The van der Waals surface area contributed by atoms with E-state index in [0.717, 1.165) is 41.0 Å². The number of ketones is 1. The summed E-state index contributed by atoms with van der Waals surface area (Å²) >= 11 is 0. The summed E-state index contributed by atoms with van der Waals surface area (Å²) in [5.74, 6) is -0.130. The molecular weight excluding hydrogens is 375 g/mol. The van der Waals surface area contributed by atoms with Gasteiger partial charge in [0.05, 0.1) is 5.69 Å². The highest BCUT2D eigenvalue weighted by molar-refractivity contribution is 5.96. The summed E-state index contributed by atoms with van der Waals surface area (Å²) in [5.41, 5.74) is 6.06. The number of nitrogens with zero attached hydrogens (tertiary/aromatic N) is 2. The molecule has 0 saturated carbocycles. The van der Waals surface area contributed by atoms with Gasteiger partial charge in [0.1, 0.15) is 5.82 Å². The van der Waals surface area contributed by atoms with Gasteiger partial charge < -0.3 is 4.90 Å². The highest BCUT2D eigenvalue weighted by atomic mass is 19.1.